The number of anilines is 3. The molecule has 0 aromatic heterocycles. The summed E-state index contributed by atoms with van der Waals surface area (Å²) in [4.78, 5) is 13.2. The lowest BCUT2D eigenvalue weighted by molar-refractivity contribution is -0.132. The maximum Gasteiger partial charge on any atom is 0.346 e. The summed E-state index contributed by atoms with van der Waals surface area (Å²) in [5.74, 6) is 0.329. The molecule has 0 bridgehead atoms. The molecule has 4 aromatic rings. The van der Waals surface area contributed by atoms with Crippen LogP contribution < -0.4 is 14.4 Å². The van der Waals surface area contributed by atoms with E-state index in [0.717, 1.165) is 39.7 Å². The first-order chi connectivity index (χ1) is 17.5. The third-order valence-corrected chi connectivity index (χ3v) is 5.69. The van der Waals surface area contributed by atoms with Crippen molar-refractivity contribution in [2.75, 3.05) is 19.1 Å². The van der Waals surface area contributed by atoms with E-state index in [1.807, 2.05) is 72.8 Å². The molecule has 4 aromatic carbocycles. The number of carbonyl (C=O) groups is 1. The molecule has 1 N–H and O–H groups in total. The normalized spacial score (nSPS) is 10.9. The Kier molecular flexibility index (Phi) is 7.33. The van der Waals surface area contributed by atoms with Crippen LogP contribution in [0.3, 0.4) is 0 Å². The van der Waals surface area contributed by atoms with Gasteiger partial charge in [0.1, 0.15) is 23.1 Å². The van der Waals surface area contributed by atoms with E-state index >= 15 is 0 Å². The van der Waals surface area contributed by atoms with Gasteiger partial charge in [0, 0.05) is 17.1 Å². The van der Waals surface area contributed by atoms with Gasteiger partial charge in [0.15, 0.2) is 0 Å². The maximum atomic E-state index is 11.1. The van der Waals surface area contributed by atoms with Gasteiger partial charge in [0.2, 0.25) is 0 Å². The average molecular weight is 477 g/mol. The van der Waals surface area contributed by atoms with Crippen LogP contribution in [0.5, 0.6) is 11.5 Å². The minimum absolute atomic E-state index is 0.302. The van der Waals surface area contributed by atoms with E-state index < -0.39 is 5.97 Å². The Balaban J connectivity index is 1.65. The van der Waals surface area contributed by atoms with Gasteiger partial charge >= 0.3 is 5.97 Å². The fourth-order valence-electron chi connectivity index (χ4n) is 3.79. The van der Waals surface area contributed by atoms with Gasteiger partial charge in [0.25, 0.3) is 0 Å². The number of hydrogen-bond acceptors (Lipinski definition) is 5. The van der Waals surface area contributed by atoms with Gasteiger partial charge in [-0.1, -0.05) is 36.4 Å². The van der Waals surface area contributed by atoms with E-state index in [1.165, 1.54) is 6.08 Å². The summed E-state index contributed by atoms with van der Waals surface area (Å²) in [5, 5.41) is 18.0. The van der Waals surface area contributed by atoms with Crippen LogP contribution in [-0.2, 0) is 4.79 Å². The Morgan fingerprint density at radius 2 is 1.11 bits per heavy atom. The number of rotatable bonds is 8. The molecule has 36 heavy (non-hydrogen) atoms. The van der Waals surface area contributed by atoms with Gasteiger partial charge < -0.3 is 19.5 Å². The van der Waals surface area contributed by atoms with Crippen molar-refractivity contribution >= 4 is 29.1 Å². The third kappa shape index (κ3) is 5.37. The molecular weight excluding hydrogens is 452 g/mol. The van der Waals surface area contributed by atoms with Crippen LogP contribution >= 0.6 is 0 Å². The highest BCUT2D eigenvalue weighted by molar-refractivity contribution is 5.96. The Hall–Kier alpha value is -5.02. The fraction of sp³-hybridized carbons (Fsp3) is 0.0667. The lowest BCUT2D eigenvalue weighted by atomic mass is 10.0. The van der Waals surface area contributed by atoms with Crippen molar-refractivity contribution < 1.29 is 19.4 Å². The van der Waals surface area contributed by atoms with Crippen molar-refractivity contribution in [1.82, 2.24) is 0 Å². The van der Waals surface area contributed by atoms with Crippen LogP contribution in [0, 0.1) is 11.3 Å². The van der Waals surface area contributed by atoms with Gasteiger partial charge in [-0.2, -0.15) is 5.26 Å². The standard InChI is InChI=1S/C30H24N2O4/c1-35-28-15-11-26(12-16-28)32(27-13-17-29(36-2)18-14-27)25-9-7-23(8-10-25)22-5-3-21(4-6-22)19-24(20-31)30(33)34/h3-19H,1-2H3,(H,33,34)/b24-19-. The molecule has 6 heteroatoms. The van der Waals surface area contributed by atoms with Crippen molar-refractivity contribution in [3.8, 4) is 28.7 Å². The van der Waals surface area contributed by atoms with Gasteiger partial charge in [0.05, 0.1) is 14.2 Å². The molecule has 0 saturated carbocycles. The number of aliphatic carboxylic acids is 1. The largest absolute Gasteiger partial charge is 0.497 e. The lowest BCUT2D eigenvalue weighted by Gasteiger charge is -2.26. The van der Waals surface area contributed by atoms with Crippen LogP contribution in [0.2, 0.25) is 0 Å². The second kappa shape index (κ2) is 10.9. The average Bonchev–Trinajstić information content (AvgIpc) is 2.93. The van der Waals surface area contributed by atoms with Gasteiger partial charge in [-0.3, -0.25) is 0 Å². The van der Waals surface area contributed by atoms with Crippen LogP contribution in [-0.4, -0.2) is 25.3 Å². The molecule has 0 heterocycles. The van der Waals surface area contributed by atoms with E-state index in [4.69, 9.17) is 19.8 Å². The first-order valence-corrected chi connectivity index (χ1v) is 11.2. The van der Waals surface area contributed by atoms with Gasteiger partial charge in [-0.15, -0.1) is 0 Å². The van der Waals surface area contributed by atoms with Crippen LogP contribution in [0.1, 0.15) is 5.56 Å². The zero-order valence-corrected chi connectivity index (χ0v) is 19.9. The highest BCUT2D eigenvalue weighted by atomic mass is 16.5. The summed E-state index contributed by atoms with van der Waals surface area (Å²) in [5.41, 5.74) is 5.29. The summed E-state index contributed by atoms with van der Waals surface area (Å²) >= 11 is 0. The number of carboxylic acid groups (broad SMARTS) is 1. The molecule has 0 aliphatic heterocycles. The van der Waals surface area contributed by atoms with Crippen LogP contribution in [0.4, 0.5) is 17.1 Å². The van der Waals surface area contributed by atoms with Gasteiger partial charge in [-0.05, 0) is 83.4 Å². The zero-order chi connectivity index (χ0) is 25.5. The fourth-order valence-corrected chi connectivity index (χ4v) is 3.79. The number of carboxylic acids is 1. The first kappa shape index (κ1) is 24.1. The maximum absolute atomic E-state index is 11.1. The van der Waals surface area contributed by atoms with E-state index in [-0.39, 0.29) is 5.57 Å². The molecule has 0 saturated heterocycles. The topological polar surface area (TPSA) is 82.8 Å². The Labute approximate surface area is 209 Å². The first-order valence-electron chi connectivity index (χ1n) is 11.2. The molecule has 0 aliphatic carbocycles. The van der Waals surface area contributed by atoms with Crippen molar-refractivity contribution in [2.24, 2.45) is 0 Å². The summed E-state index contributed by atoms with van der Waals surface area (Å²) in [7, 11) is 3.29. The zero-order valence-electron chi connectivity index (χ0n) is 19.9. The minimum atomic E-state index is -1.24. The second-order valence-corrected chi connectivity index (χ2v) is 7.88. The Morgan fingerprint density at radius 3 is 1.47 bits per heavy atom. The van der Waals surface area contributed by atoms with E-state index in [9.17, 15) is 4.79 Å². The smallest absolute Gasteiger partial charge is 0.346 e. The molecule has 4 rings (SSSR count). The monoisotopic (exact) mass is 476 g/mol. The molecule has 6 nitrogen and oxygen atoms in total. The molecule has 0 unspecified atom stereocenters. The second-order valence-electron chi connectivity index (χ2n) is 7.88. The quantitative estimate of drug-likeness (QED) is 0.222. The predicted octanol–water partition coefficient (Wildman–Crippen LogP) is 6.83. The van der Waals surface area contributed by atoms with Crippen LogP contribution in [0.15, 0.2) is 103 Å². The number of benzene rings is 4. The number of nitriles is 1. The van der Waals surface area contributed by atoms with Crippen molar-refractivity contribution in [1.29, 1.82) is 5.26 Å². The summed E-state index contributed by atoms with van der Waals surface area (Å²) in [6, 6.07) is 33.0. The molecule has 178 valence electrons. The molecule has 0 fully saturated rings. The minimum Gasteiger partial charge on any atom is -0.497 e. The summed E-state index contributed by atoms with van der Waals surface area (Å²) in [6.45, 7) is 0. The number of ether oxygens (including phenoxy) is 2. The lowest BCUT2D eigenvalue weighted by Crippen LogP contribution is -2.09. The summed E-state index contributed by atoms with van der Waals surface area (Å²) in [6.07, 6.45) is 1.36. The molecule has 0 radical (unpaired) electrons. The summed E-state index contributed by atoms with van der Waals surface area (Å²) < 4.78 is 10.6. The third-order valence-electron chi connectivity index (χ3n) is 5.69. The molecule has 0 aliphatic rings. The number of nitrogens with zero attached hydrogens (tertiary/aromatic N) is 2. The van der Waals surface area contributed by atoms with Gasteiger partial charge in [-0.25, -0.2) is 4.79 Å². The highest BCUT2D eigenvalue weighted by Crippen LogP contribution is 2.37. The van der Waals surface area contributed by atoms with Crippen molar-refractivity contribution in [2.45, 2.75) is 0 Å². The van der Waals surface area contributed by atoms with Crippen molar-refractivity contribution in [3.05, 3.63) is 108 Å². The number of hydrogen-bond donors (Lipinski definition) is 1. The molecular formula is C30H24N2O4. The predicted molar refractivity (Wildman–Crippen MR) is 141 cm³/mol. The Bertz CT molecular complexity index is 1350. The van der Waals surface area contributed by atoms with Crippen molar-refractivity contribution in [3.63, 3.8) is 0 Å². The SMILES string of the molecule is COc1ccc(N(c2ccc(OC)cc2)c2ccc(-c3ccc(/C=C(/C#N)C(=O)O)cc3)cc2)cc1. The molecule has 0 amide bonds. The van der Waals surface area contributed by atoms with E-state index in [1.54, 1.807) is 32.4 Å². The van der Waals surface area contributed by atoms with Crippen LogP contribution in [0.25, 0.3) is 17.2 Å². The molecule has 0 spiro atoms. The molecule has 0 atom stereocenters. The highest BCUT2D eigenvalue weighted by Gasteiger charge is 2.13. The van der Waals surface area contributed by atoms with E-state index in [2.05, 4.69) is 17.0 Å². The van der Waals surface area contributed by atoms with E-state index in [0.29, 0.717) is 5.56 Å². The number of methoxy groups -OCH3 is 2. The Morgan fingerprint density at radius 1 is 0.722 bits per heavy atom.